The van der Waals surface area contributed by atoms with Crippen molar-refractivity contribution in [2.24, 2.45) is 0 Å². The highest BCUT2D eigenvalue weighted by Gasteiger charge is 2.08. The Kier molecular flexibility index (Phi) is 6.73. The van der Waals surface area contributed by atoms with Gasteiger partial charge in [-0.3, -0.25) is 0 Å². The zero-order chi connectivity index (χ0) is 13.4. The third-order valence-corrected chi connectivity index (χ3v) is 3.23. The van der Waals surface area contributed by atoms with E-state index in [2.05, 4.69) is 26.9 Å². The van der Waals surface area contributed by atoms with E-state index < -0.39 is 0 Å². The molecule has 0 fully saturated rings. The quantitative estimate of drug-likeness (QED) is 0.775. The van der Waals surface area contributed by atoms with Crippen LogP contribution in [-0.2, 0) is 9.47 Å². The van der Waals surface area contributed by atoms with Gasteiger partial charge in [0.2, 0.25) is 0 Å². The molecule has 0 radical (unpaired) electrons. The van der Waals surface area contributed by atoms with Crippen molar-refractivity contribution in [2.75, 3.05) is 45.4 Å². The predicted molar refractivity (Wildman–Crippen MR) is 74.8 cm³/mol. The summed E-state index contributed by atoms with van der Waals surface area (Å²) in [6.07, 6.45) is 0. The molecule has 0 atom stereocenters. The third-order valence-electron chi connectivity index (χ3n) is 2.57. The Balaban J connectivity index is 2.83. The van der Waals surface area contributed by atoms with Gasteiger partial charge in [-0.2, -0.15) is 5.26 Å². The molecule has 0 aliphatic heterocycles. The van der Waals surface area contributed by atoms with Gasteiger partial charge in [-0.1, -0.05) is 0 Å². The first-order chi connectivity index (χ1) is 8.72. The van der Waals surface area contributed by atoms with Crippen molar-refractivity contribution < 1.29 is 9.47 Å². The highest BCUT2D eigenvalue weighted by atomic mass is 79.9. The second-order valence-electron chi connectivity index (χ2n) is 3.75. The van der Waals surface area contributed by atoms with Crippen LogP contribution in [-0.4, -0.2) is 40.5 Å². The molecule has 0 unspecified atom stereocenters. The van der Waals surface area contributed by atoms with Crippen LogP contribution in [0.2, 0.25) is 0 Å². The van der Waals surface area contributed by atoms with Gasteiger partial charge in [-0.05, 0) is 34.1 Å². The van der Waals surface area contributed by atoms with E-state index in [-0.39, 0.29) is 0 Å². The summed E-state index contributed by atoms with van der Waals surface area (Å²) < 4.78 is 11.0. The van der Waals surface area contributed by atoms with Crippen molar-refractivity contribution in [3.05, 3.63) is 28.2 Å². The van der Waals surface area contributed by atoms with Gasteiger partial charge < -0.3 is 14.4 Å². The number of benzene rings is 1. The minimum absolute atomic E-state index is 0.636. The standard InChI is InChI=1S/C13H17BrN2O2/c1-17-7-5-16(6-8-18-2)12-4-3-11(10-15)13(14)9-12/h3-4,9H,5-8H2,1-2H3. The van der Waals surface area contributed by atoms with Crippen molar-refractivity contribution in [3.8, 4) is 6.07 Å². The number of hydrogen-bond acceptors (Lipinski definition) is 4. The van der Waals surface area contributed by atoms with E-state index in [0.717, 1.165) is 23.2 Å². The van der Waals surface area contributed by atoms with Crippen LogP contribution in [0.5, 0.6) is 0 Å². The van der Waals surface area contributed by atoms with Gasteiger partial charge in [-0.25, -0.2) is 0 Å². The number of methoxy groups -OCH3 is 2. The first kappa shape index (κ1) is 15.0. The van der Waals surface area contributed by atoms with Gasteiger partial charge in [0.1, 0.15) is 6.07 Å². The van der Waals surface area contributed by atoms with Crippen LogP contribution in [0.3, 0.4) is 0 Å². The SMILES string of the molecule is COCCN(CCOC)c1ccc(C#N)c(Br)c1. The number of halogens is 1. The number of ether oxygens (including phenoxy) is 2. The van der Waals surface area contributed by atoms with Crippen LogP contribution in [0, 0.1) is 11.3 Å². The van der Waals surface area contributed by atoms with E-state index in [1.807, 2.05) is 18.2 Å². The summed E-state index contributed by atoms with van der Waals surface area (Å²) in [4.78, 5) is 2.17. The van der Waals surface area contributed by atoms with E-state index in [9.17, 15) is 0 Å². The number of rotatable bonds is 7. The van der Waals surface area contributed by atoms with Gasteiger partial charge in [0.15, 0.2) is 0 Å². The highest BCUT2D eigenvalue weighted by molar-refractivity contribution is 9.10. The maximum Gasteiger partial charge on any atom is 0.100 e. The maximum absolute atomic E-state index is 8.90. The molecule has 0 spiro atoms. The second-order valence-corrected chi connectivity index (χ2v) is 4.60. The lowest BCUT2D eigenvalue weighted by Crippen LogP contribution is -2.30. The average molecular weight is 313 g/mol. The number of anilines is 1. The van der Waals surface area contributed by atoms with Crippen LogP contribution in [0.1, 0.15) is 5.56 Å². The molecule has 5 heteroatoms. The minimum atomic E-state index is 0.636. The molecule has 0 saturated carbocycles. The molecule has 0 saturated heterocycles. The van der Waals surface area contributed by atoms with Crippen molar-refractivity contribution >= 4 is 21.6 Å². The average Bonchev–Trinajstić information content (AvgIpc) is 2.39. The molecule has 0 heterocycles. The zero-order valence-corrected chi connectivity index (χ0v) is 12.2. The number of nitriles is 1. The lowest BCUT2D eigenvalue weighted by Gasteiger charge is -2.24. The topological polar surface area (TPSA) is 45.5 Å². The van der Waals surface area contributed by atoms with E-state index in [4.69, 9.17) is 14.7 Å². The maximum atomic E-state index is 8.90. The van der Waals surface area contributed by atoms with Gasteiger partial charge in [0.25, 0.3) is 0 Å². The molecule has 4 nitrogen and oxygen atoms in total. The molecule has 1 rings (SSSR count). The molecule has 0 N–H and O–H groups in total. The monoisotopic (exact) mass is 312 g/mol. The van der Waals surface area contributed by atoms with Crippen LogP contribution in [0.15, 0.2) is 22.7 Å². The van der Waals surface area contributed by atoms with E-state index in [1.54, 1.807) is 14.2 Å². The number of nitrogens with zero attached hydrogens (tertiary/aromatic N) is 2. The van der Waals surface area contributed by atoms with Crippen molar-refractivity contribution in [2.45, 2.75) is 0 Å². The van der Waals surface area contributed by atoms with Crippen LogP contribution in [0.4, 0.5) is 5.69 Å². The Morgan fingerprint density at radius 3 is 2.28 bits per heavy atom. The third kappa shape index (κ3) is 4.30. The van der Waals surface area contributed by atoms with Crippen molar-refractivity contribution in [1.29, 1.82) is 5.26 Å². The molecule has 0 aromatic heterocycles. The zero-order valence-electron chi connectivity index (χ0n) is 10.6. The van der Waals surface area contributed by atoms with Gasteiger partial charge in [0.05, 0.1) is 18.8 Å². The molecule has 98 valence electrons. The smallest absolute Gasteiger partial charge is 0.100 e. The molecule has 0 aliphatic rings. The van der Waals surface area contributed by atoms with E-state index in [0.29, 0.717) is 18.8 Å². The fraction of sp³-hybridized carbons (Fsp3) is 0.462. The summed E-state index contributed by atoms with van der Waals surface area (Å²) in [5.74, 6) is 0. The summed E-state index contributed by atoms with van der Waals surface area (Å²) in [6.45, 7) is 2.89. The summed E-state index contributed by atoms with van der Waals surface area (Å²) in [5.41, 5.74) is 1.69. The van der Waals surface area contributed by atoms with Crippen LogP contribution >= 0.6 is 15.9 Å². The molecular weight excluding hydrogens is 296 g/mol. The van der Waals surface area contributed by atoms with E-state index in [1.165, 1.54) is 0 Å². The normalized spacial score (nSPS) is 10.1. The van der Waals surface area contributed by atoms with Gasteiger partial charge >= 0.3 is 0 Å². The predicted octanol–water partition coefficient (Wildman–Crippen LogP) is 2.42. The summed E-state index contributed by atoms with van der Waals surface area (Å²) >= 11 is 3.40. The summed E-state index contributed by atoms with van der Waals surface area (Å²) in [6, 6.07) is 7.83. The summed E-state index contributed by atoms with van der Waals surface area (Å²) in [7, 11) is 3.37. The van der Waals surface area contributed by atoms with Gasteiger partial charge in [-0.15, -0.1) is 0 Å². The second kappa shape index (κ2) is 8.09. The molecular formula is C13H17BrN2O2. The summed E-state index contributed by atoms with van der Waals surface area (Å²) in [5, 5.41) is 8.90. The first-order valence-electron chi connectivity index (χ1n) is 5.65. The van der Waals surface area contributed by atoms with Crippen LogP contribution in [0.25, 0.3) is 0 Å². The largest absolute Gasteiger partial charge is 0.383 e. The Bertz CT molecular complexity index is 410. The van der Waals surface area contributed by atoms with E-state index >= 15 is 0 Å². The van der Waals surface area contributed by atoms with Crippen LogP contribution < -0.4 is 4.90 Å². The Morgan fingerprint density at radius 1 is 1.22 bits per heavy atom. The Labute approximate surface area is 116 Å². The molecule has 1 aromatic carbocycles. The van der Waals surface area contributed by atoms with Crippen molar-refractivity contribution in [3.63, 3.8) is 0 Å². The lowest BCUT2D eigenvalue weighted by molar-refractivity contribution is 0.190. The van der Waals surface area contributed by atoms with Gasteiger partial charge in [0, 0.05) is 37.5 Å². The fourth-order valence-corrected chi connectivity index (χ4v) is 2.02. The molecule has 1 aromatic rings. The first-order valence-corrected chi connectivity index (χ1v) is 6.44. The molecule has 18 heavy (non-hydrogen) atoms. The fourth-order valence-electron chi connectivity index (χ4n) is 1.56. The minimum Gasteiger partial charge on any atom is -0.383 e. The highest BCUT2D eigenvalue weighted by Crippen LogP contribution is 2.23. The molecule has 0 amide bonds. The Morgan fingerprint density at radius 2 is 1.83 bits per heavy atom. The molecule has 0 aliphatic carbocycles. The number of hydrogen-bond donors (Lipinski definition) is 0. The lowest BCUT2D eigenvalue weighted by atomic mass is 10.2. The Hall–Kier alpha value is -1.09. The molecule has 0 bridgehead atoms. The van der Waals surface area contributed by atoms with Crippen molar-refractivity contribution in [1.82, 2.24) is 0 Å².